The van der Waals surface area contributed by atoms with Gasteiger partial charge in [0.1, 0.15) is 5.56 Å². The van der Waals surface area contributed by atoms with E-state index in [1.54, 1.807) is 35.9 Å². The quantitative estimate of drug-likeness (QED) is 0.266. The van der Waals surface area contributed by atoms with Gasteiger partial charge in [-0.2, -0.15) is 5.26 Å². The molecule has 0 bridgehead atoms. The summed E-state index contributed by atoms with van der Waals surface area (Å²) in [6.07, 6.45) is 0.399. The van der Waals surface area contributed by atoms with Crippen LogP contribution in [0.1, 0.15) is 53.5 Å². The fraction of sp³-hybridized carbons (Fsp3) is 0.231. The topological polar surface area (TPSA) is 104 Å². The SMILES string of the molecule is C=S(=O)(NC#N)c1ccc(CNC(=O)c2cn(C(C)C)c(C)c(-c3cccc(C(F)F)c3)c2=O)cc1. The van der Waals surface area contributed by atoms with E-state index in [0.29, 0.717) is 21.7 Å². The third kappa shape index (κ3) is 5.63. The first-order valence-electron chi connectivity index (χ1n) is 11.0. The van der Waals surface area contributed by atoms with Gasteiger partial charge in [-0.25, -0.2) is 17.7 Å². The van der Waals surface area contributed by atoms with Crippen LogP contribution in [-0.4, -0.2) is 20.6 Å². The van der Waals surface area contributed by atoms with E-state index in [2.05, 4.69) is 15.9 Å². The predicted octanol–water partition coefficient (Wildman–Crippen LogP) is 4.33. The van der Waals surface area contributed by atoms with Gasteiger partial charge >= 0.3 is 0 Å². The molecule has 36 heavy (non-hydrogen) atoms. The van der Waals surface area contributed by atoms with Gasteiger partial charge in [-0.3, -0.25) is 9.59 Å². The summed E-state index contributed by atoms with van der Waals surface area (Å²) in [4.78, 5) is 26.8. The molecule has 3 rings (SSSR count). The molecule has 1 atom stereocenters. The van der Waals surface area contributed by atoms with Gasteiger partial charge in [0.25, 0.3) is 12.3 Å². The first kappa shape index (κ1) is 26.6. The maximum absolute atomic E-state index is 13.4. The van der Waals surface area contributed by atoms with Crippen molar-refractivity contribution in [3.63, 3.8) is 0 Å². The molecule has 2 N–H and O–H groups in total. The summed E-state index contributed by atoms with van der Waals surface area (Å²) in [7, 11) is -2.95. The van der Waals surface area contributed by atoms with Crippen LogP contribution in [0.15, 0.2) is 64.4 Å². The monoisotopic (exact) mass is 512 g/mol. The number of nitrogens with one attached hydrogen (secondary N) is 2. The van der Waals surface area contributed by atoms with Crippen molar-refractivity contribution < 1.29 is 17.8 Å². The molecule has 1 heterocycles. The molecule has 0 aliphatic carbocycles. The highest BCUT2D eigenvalue weighted by molar-refractivity contribution is 7.98. The lowest BCUT2D eigenvalue weighted by molar-refractivity contribution is 0.0949. The Hall–Kier alpha value is -3.97. The third-order valence-corrected chi connectivity index (χ3v) is 7.14. The number of halogens is 2. The lowest BCUT2D eigenvalue weighted by Gasteiger charge is -2.20. The summed E-state index contributed by atoms with van der Waals surface area (Å²) in [5.41, 5.74) is 0.870. The van der Waals surface area contributed by atoms with E-state index < -0.39 is 27.5 Å². The van der Waals surface area contributed by atoms with Crippen molar-refractivity contribution in [1.82, 2.24) is 14.6 Å². The molecule has 188 valence electrons. The lowest BCUT2D eigenvalue weighted by atomic mass is 9.98. The number of amides is 1. The number of hydrogen-bond donors (Lipinski definition) is 2. The van der Waals surface area contributed by atoms with Crippen molar-refractivity contribution in [3.05, 3.63) is 87.3 Å². The number of carbonyl (C=O) groups is 1. The second-order valence-corrected chi connectivity index (χ2v) is 10.5. The van der Waals surface area contributed by atoms with Gasteiger partial charge < -0.3 is 9.88 Å². The van der Waals surface area contributed by atoms with E-state index in [4.69, 9.17) is 5.26 Å². The average molecular weight is 513 g/mol. The maximum atomic E-state index is 13.4. The molecule has 0 aliphatic rings. The second-order valence-electron chi connectivity index (χ2n) is 8.48. The highest BCUT2D eigenvalue weighted by atomic mass is 32.2. The Bertz CT molecular complexity index is 1490. The Morgan fingerprint density at radius 1 is 1.19 bits per heavy atom. The Labute approximate surface area is 208 Å². The van der Waals surface area contributed by atoms with Gasteiger partial charge in [0.2, 0.25) is 5.43 Å². The van der Waals surface area contributed by atoms with Crippen molar-refractivity contribution in [2.75, 3.05) is 0 Å². The zero-order chi connectivity index (χ0) is 26.6. The lowest BCUT2D eigenvalue weighted by Crippen LogP contribution is -2.31. The third-order valence-electron chi connectivity index (χ3n) is 5.68. The molecule has 2 aromatic carbocycles. The fourth-order valence-electron chi connectivity index (χ4n) is 3.83. The number of alkyl halides is 2. The van der Waals surface area contributed by atoms with Gasteiger partial charge in [-0.05, 0) is 56.0 Å². The van der Waals surface area contributed by atoms with Crippen LogP contribution in [-0.2, 0) is 16.3 Å². The minimum absolute atomic E-state index is 0.0777. The zero-order valence-corrected chi connectivity index (χ0v) is 20.9. The van der Waals surface area contributed by atoms with Crippen molar-refractivity contribution in [1.29, 1.82) is 5.26 Å². The van der Waals surface area contributed by atoms with Crippen LogP contribution in [0.5, 0.6) is 0 Å². The molecule has 10 heteroatoms. The predicted molar refractivity (Wildman–Crippen MR) is 136 cm³/mol. The Balaban J connectivity index is 1.95. The number of aromatic nitrogens is 1. The number of benzene rings is 2. The summed E-state index contributed by atoms with van der Waals surface area (Å²) in [5.74, 6) is 2.89. The van der Waals surface area contributed by atoms with E-state index in [-0.39, 0.29) is 29.3 Å². The number of hydrogen-bond acceptors (Lipinski definition) is 4. The van der Waals surface area contributed by atoms with Crippen LogP contribution >= 0.6 is 0 Å². The maximum Gasteiger partial charge on any atom is 0.263 e. The normalized spacial score (nSPS) is 12.7. The molecule has 0 fully saturated rings. The van der Waals surface area contributed by atoms with Crippen LogP contribution in [0.2, 0.25) is 0 Å². The van der Waals surface area contributed by atoms with Crippen molar-refractivity contribution in [3.8, 4) is 17.3 Å². The van der Waals surface area contributed by atoms with Crippen LogP contribution in [0.4, 0.5) is 8.78 Å². The zero-order valence-electron chi connectivity index (χ0n) is 20.0. The first-order valence-corrected chi connectivity index (χ1v) is 12.7. The molecular formula is C26H26F2N4O3S. The van der Waals surface area contributed by atoms with Crippen molar-refractivity contribution in [2.24, 2.45) is 0 Å². The Morgan fingerprint density at radius 2 is 1.86 bits per heavy atom. The Morgan fingerprint density at radius 3 is 2.44 bits per heavy atom. The van der Waals surface area contributed by atoms with E-state index in [9.17, 15) is 22.6 Å². The van der Waals surface area contributed by atoms with Crippen LogP contribution in [0.25, 0.3) is 11.1 Å². The molecule has 1 unspecified atom stereocenters. The summed E-state index contributed by atoms with van der Waals surface area (Å²) in [6.45, 7) is 5.58. The highest BCUT2D eigenvalue weighted by Gasteiger charge is 2.21. The summed E-state index contributed by atoms with van der Waals surface area (Å²) in [6, 6.07) is 11.8. The molecular weight excluding hydrogens is 486 g/mol. The molecule has 1 amide bonds. The molecule has 1 aromatic heterocycles. The standard InChI is InChI=1S/C26H26F2N4O3S/c1-16(2)32-14-22(24(33)23(17(32)3)19-6-5-7-20(12-19)25(27)28)26(34)30-13-18-8-10-21(11-9-18)36(4,35)31-15-29/h5-12,14,16,25H,4,13H2,1-3H3,(H,30,34)(H,31,35). The minimum Gasteiger partial charge on any atom is -0.348 e. The van der Waals surface area contributed by atoms with Crippen LogP contribution in [0.3, 0.4) is 0 Å². The number of rotatable bonds is 8. The summed E-state index contributed by atoms with van der Waals surface area (Å²) < 4.78 is 42.8. The van der Waals surface area contributed by atoms with Gasteiger partial charge in [0.15, 0.2) is 6.19 Å². The molecule has 7 nitrogen and oxygen atoms in total. The highest BCUT2D eigenvalue weighted by Crippen LogP contribution is 2.27. The number of nitrogens with zero attached hydrogens (tertiary/aromatic N) is 2. The molecule has 0 spiro atoms. The van der Waals surface area contributed by atoms with Crippen LogP contribution in [0, 0.1) is 18.4 Å². The average Bonchev–Trinajstić information content (AvgIpc) is 2.83. The largest absolute Gasteiger partial charge is 0.348 e. The number of pyridine rings is 1. The molecule has 0 saturated carbocycles. The van der Waals surface area contributed by atoms with Crippen molar-refractivity contribution in [2.45, 2.75) is 44.7 Å². The van der Waals surface area contributed by atoms with Gasteiger partial charge in [-0.15, -0.1) is 0 Å². The smallest absolute Gasteiger partial charge is 0.263 e. The van der Waals surface area contributed by atoms with Crippen molar-refractivity contribution >= 4 is 21.5 Å². The number of carbonyl (C=O) groups excluding carboxylic acids is 1. The fourth-order valence-corrected chi connectivity index (χ4v) is 4.67. The van der Waals surface area contributed by atoms with E-state index in [1.807, 2.05) is 13.8 Å². The first-order chi connectivity index (χ1) is 17.0. The van der Waals surface area contributed by atoms with Crippen LogP contribution < -0.4 is 15.5 Å². The van der Waals surface area contributed by atoms with Gasteiger partial charge in [0, 0.05) is 35.6 Å². The molecule has 3 aromatic rings. The summed E-state index contributed by atoms with van der Waals surface area (Å²) >= 11 is 0. The second kappa shape index (κ2) is 10.7. The Kier molecular flexibility index (Phi) is 7.95. The summed E-state index contributed by atoms with van der Waals surface area (Å²) in [5, 5.41) is 11.4. The van der Waals surface area contributed by atoms with Gasteiger partial charge in [0.05, 0.1) is 14.6 Å². The van der Waals surface area contributed by atoms with E-state index in [0.717, 1.165) is 0 Å². The van der Waals surface area contributed by atoms with E-state index >= 15 is 0 Å². The molecule has 0 saturated heterocycles. The number of nitriles is 1. The van der Waals surface area contributed by atoms with Gasteiger partial charge in [-0.1, -0.05) is 30.3 Å². The van der Waals surface area contributed by atoms with E-state index in [1.165, 1.54) is 36.5 Å². The molecule has 0 radical (unpaired) electrons. The minimum atomic E-state index is -2.95. The molecule has 0 aliphatic heterocycles.